The van der Waals surface area contributed by atoms with Crippen LogP contribution in [0.25, 0.3) is 0 Å². The average Bonchev–Trinajstić information content (AvgIpc) is 2.87. The van der Waals surface area contributed by atoms with Crippen LogP contribution < -0.4 is 10.6 Å². The Morgan fingerprint density at radius 2 is 1.95 bits per heavy atom. The number of hydrogen-bond donors (Lipinski definition) is 2. The first-order valence-electron chi connectivity index (χ1n) is 7.36. The lowest BCUT2D eigenvalue weighted by atomic mass is 10.1. The lowest BCUT2D eigenvalue weighted by Gasteiger charge is -2.07. The number of hydrogen-bond acceptors (Lipinski definition) is 2. The molecule has 0 aromatic heterocycles. The smallest absolute Gasteiger partial charge is 0.220 e. The first-order chi connectivity index (χ1) is 9.34. The van der Waals surface area contributed by atoms with Crippen molar-refractivity contribution in [2.24, 2.45) is 17.8 Å². The van der Waals surface area contributed by atoms with E-state index in [4.69, 9.17) is 0 Å². The normalized spacial score (nSPS) is 27.9. The molecule has 1 amide bonds. The number of carbonyl (C=O) groups is 1. The van der Waals surface area contributed by atoms with Crippen molar-refractivity contribution in [2.75, 3.05) is 19.6 Å². The molecule has 3 heteroatoms. The van der Waals surface area contributed by atoms with E-state index in [1.165, 1.54) is 5.56 Å². The number of amides is 1. The van der Waals surface area contributed by atoms with Gasteiger partial charge >= 0.3 is 0 Å². The highest BCUT2D eigenvalue weighted by atomic mass is 16.1. The van der Waals surface area contributed by atoms with Crippen molar-refractivity contribution in [2.45, 2.75) is 19.3 Å². The lowest BCUT2D eigenvalue weighted by molar-refractivity contribution is -0.121. The van der Waals surface area contributed by atoms with Crippen molar-refractivity contribution in [1.82, 2.24) is 10.6 Å². The molecule has 19 heavy (non-hydrogen) atoms. The van der Waals surface area contributed by atoms with Gasteiger partial charge in [0.15, 0.2) is 0 Å². The van der Waals surface area contributed by atoms with Gasteiger partial charge in [0.2, 0.25) is 5.91 Å². The molecule has 1 aromatic rings. The topological polar surface area (TPSA) is 41.1 Å². The van der Waals surface area contributed by atoms with E-state index in [1.54, 1.807) is 0 Å². The van der Waals surface area contributed by atoms with Gasteiger partial charge in [-0.25, -0.2) is 0 Å². The fourth-order valence-electron chi connectivity index (χ4n) is 3.27. The molecule has 1 aliphatic carbocycles. The summed E-state index contributed by atoms with van der Waals surface area (Å²) in [6.45, 7) is 3.19. The van der Waals surface area contributed by atoms with E-state index in [2.05, 4.69) is 34.9 Å². The number of carbonyl (C=O) groups excluding carboxylic acids is 1. The third kappa shape index (κ3) is 3.16. The molecule has 1 saturated carbocycles. The third-order valence-electron chi connectivity index (χ3n) is 4.52. The number of rotatable bonds is 6. The van der Waals surface area contributed by atoms with Gasteiger partial charge < -0.3 is 10.6 Å². The van der Waals surface area contributed by atoms with E-state index < -0.39 is 0 Å². The van der Waals surface area contributed by atoms with Crippen LogP contribution in [0.15, 0.2) is 30.3 Å². The second kappa shape index (κ2) is 5.74. The van der Waals surface area contributed by atoms with Crippen LogP contribution in [0, 0.1) is 17.8 Å². The van der Waals surface area contributed by atoms with Crippen molar-refractivity contribution in [3.63, 3.8) is 0 Å². The van der Waals surface area contributed by atoms with Crippen LogP contribution in [0.4, 0.5) is 0 Å². The number of benzene rings is 1. The Hall–Kier alpha value is -1.35. The largest absolute Gasteiger partial charge is 0.356 e. The van der Waals surface area contributed by atoms with Gasteiger partial charge in [-0.2, -0.15) is 0 Å². The highest BCUT2D eigenvalue weighted by Gasteiger charge is 2.52. The molecule has 1 aromatic carbocycles. The minimum absolute atomic E-state index is 0.217. The summed E-state index contributed by atoms with van der Waals surface area (Å²) in [4.78, 5) is 11.8. The molecule has 1 aliphatic heterocycles. The highest BCUT2D eigenvalue weighted by Crippen LogP contribution is 2.47. The van der Waals surface area contributed by atoms with Gasteiger partial charge in [-0.1, -0.05) is 30.3 Å². The molecular weight excluding hydrogens is 236 g/mol. The fourth-order valence-corrected chi connectivity index (χ4v) is 3.27. The van der Waals surface area contributed by atoms with Crippen molar-refractivity contribution in [1.29, 1.82) is 0 Å². The summed E-state index contributed by atoms with van der Waals surface area (Å²) in [5.74, 6) is 2.64. The van der Waals surface area contributed by atoms with Crippen LogP contribution in [-0.4, -0.2) is 25.5 Å². The van der Waals surface area contributed by atoms with Gasteiger partial charge in [0, 0.05) is 13.0 Å². The van der Waals surface area contributed by atoms with Crippen molar-refractivity contribution in [3.05, 3.63) is 35.9 Å². The van der Waals surface area contributed by atoms with Crippen LogP contribution >= 0.6 is 0 Å². The summed E-state index contributed by atoms with van der Waals surface area (Å²) in [5.41, 5.74) is 1.32. The Bertz CT molecular complexity index is 422. The van der Waals surface area contributed by atoms with E-state index in [1.807, 2.05) is 6.07 Å². The SMILES string of the molecule is O=C(CCCc1ccccc1)NCC1C2CNCC21. The molecule has 2 unspecified atom stereocenters. The quantitative estimate of drug-likeness (QED) is 0.813. The van der Waals surface area contributed by atoms with Crippen LogP contribution in [0.3, 0.4) is 0 Å². The second-order valence-electron chi connectivity index (χ2n) is 5.79. The number of nitrogens with one attached hydrogen (secondary N) is 2. The molecule has 2 N–H and O–H groups in total. The zero-order chi connectivity index (χ0) is 13.1. The first-order valence-corrected chi connectivity index (χ1v) is 7.36. The average molecular weight is 258 g/mol. The molecule has 0 radical (unpaired) electrons. The molecule has 3 rings (SSSR count). The van der Waals surface area contributed by atoms with Crippen molar-refractivity contribution < 1.29 is 4.79 Å². The van der Waals surface area contributed by atoms with Crippen LogP contribution in [-0.2, 0) is 11.2 Å². The van der Waals surface area contributed by atoms with E-state index >= 15 is 0 Å². The predicted octanol–water partition coefficient (Wildman–Crippen LogP) is 1.59. The Morgan fingerprint density at radius 3 is 2.68 bits per heavy atom. The number of aryl methyl sites for hydroxylation is 1. The second-order valence-corrected chi connectivity index (χ2v) is 5.79. The molecule has 1 saturated heterocycles. The molecule has 2 fully saturated rings. The summed E-state index contributed by atoms with van der Waals surface area (Å²) < 4.78 is 0. The summed E-state index contributed by atoms with van der Waals surface area (Å²) in [5, 5.41) is 6.47. The third-order valence-corrected chi connectivity index (χ3v) is 4.52. The van der Waals surface area contributed by atoms with Crippen LogP contribution in [0.1, 0.15) is 18.4 Å². The molecular formula is C16H22N2O. The van der Waals surface area contributed by atoms with Crippen LogP contribution in [0.2, 0.25) is 0 Å². The molecule has 102 valence electrons. The van der Waals surface area contributed by atoms with Crippen LogP contribution in [0.5, 0.6) is 0 Å². The summed E-state index contributed by atoms with van der Waals surface area (Å²) in [7, 11) is 0. The Labute approximate surface area is 114 Å². The van der Waals surface area contributed by atoms with Crippen molar-refractivity contribution in [3.8, 4) is 0 Å². The Morgan fingerprint density at radius 1 is 1.21 bits per heavy atom. The standard InChI is InChI=1S/C16H22N2O/c19-16(8-4-7-12-5-2-1-3-6-12)18-11-15-13-9-17-10-14(13)15/h1-3,5-6,13-15,17H,4,7-11H2,(H,18,19). The maximum atomic E-state index is 11.8. The van der Waals surface area contributed by atoms with Gasteiger partial charge in [0.05, 0.1) is 0 Å². The summed E-state index contributed by atoms with van der Waals surface area (Å²) >= 11 is 0. The summed E-state index contributed by atoms with van der Waals surface area (Å²) in [6.07, 6.45) is 2.58. The number of fused-ring (bicyclic) bond motifs is 1. The molecule has 0 bridgehead atoms. The Balaban J connectivity index is 1.29. The molecule has 2 atom stereocenters. The van der Waals surface area contributed by atoms with Crippen molar-refractivity contribution >= 4 is 5.91 Å². The highest BCUT2D eigenvalue weighted by molar-refractivity contribution is 5.75. The minimum Gasteiger partial charge on any atom is -0.356 e. The van der Waals surface area contributed by atoms with Gasteiger partial charge in [-0.05, 0) is 49.2 Å². The van der Waals surface area contributed by atoms with Gasteiger partial charge in [-0.3, -0.25) is 4.79 Å². The van der Waals surface area contributed by atoms with E-state index in [0.717, 1.165) is 50.2 Å². The molecule has 1 heterocycles. The van der Waals surface area contributed by atoms with E-state index in [9.17, 15) is 4.79 Å². The minimum atomic E-state index is 0.217. The molecule has 2 aliphatic rings. The summed E-state index contributed by atoms with van der Waals surface area (Å²) in [6, 6.07) is 10.4. The predicted molar refractivity (Wildman–Crippen MR) is 75.7 cm³/mol. The van der Waals surface area contributed by atoms with Gasteiger partial charge in [0.1, 0.15) is 0 Å². The molecule has 0 spiro atoms. The van der Waals surface area contributed by atoms with E-state index in [-0.39, 0.29) is 5.91 Å². The van der Waals surface area contributed by atoms with E-state index in [0.29, 0.717) is 6.42 Å². The lowest BCUT2D eigenvalue weighted by Crippen LogP contribution is -2.28. The monoisotopic (exact) mass is 258 g/mol. The maximum absolute atomic E-state index is 11.8. The number of piperidine rings is 1. The fraction of sp³-hybridized carbons (Fsp3) is 0.562. The maximum Gasteiger partial charge on any atom is 0.220 e. The van der Waals surface area contributed by atoms with Gasteiger partial charge in [0.25, 0.3) is 0 Å². The zero-order valence-electron chi connectivity index (χ0n) is 11.3. The van der Waals surface area contributed by atoms with Gasteiger partial charge in [-0.15, -0.1) is 0 Å². The first kappa shape index (κ1) is 12.7. The zero-order valence-corrected chi connectivity index (χ0v) is 11.3. The molecule has 3 nitrogen and oxygen atoms in total. The Kier molecular flexibility index (Phi) is 3.83.